The molecule has 164 valence electrons. The van der Waals surface area contributed by atoms with Gasteiger partial charge < -0.3 is 19.5 Å². The van der Waals surface area contributed by atoms with Gasteiger partial charge in [0, 0.05) is 24.5 Å². The van der Waals surface area contributed by atoms with E-state index in [0.717, 1.165) is 0 Å². The zero-order valence-corrected chi connectivity index (χ0v) is 18.8. The largest absolute Gasteiger partial charge is 0.507 e. The highest BCUT2D eigenvalue weighted by Gasteiger charge is 2.46. The molecular formula is C22H22Cl2N2O5. The van der Waals surface area contributed by atoms with Gasteiger partial charge in [-0.15, -0.1) is 0 Å². The number of amides is 1. The molecule has 1 saturated heterocycles. The lowest BCUT2D eigenvalue weighted by molar-refractivity contribution is -0.140. The van der Waals surface area contributed by atoms with Crippen molar-refractivity contribution in [2.45, 2.75) is 26.0 Å². The topological polar surface area (TPSA) is 89.0 Å². The van der Waals surface area contributed by atoms with Crippen LogP contribution in [0.4, 0.5) is 0 Å². The van der Waals surface area contributed by atoms with Crippen LogP contribution in [-0.2, 0) is 14.3 Å². The fourth-order valence-corrected chi connectivity index (χ4v) is 4.07. The average molecular weight is 465 g/mol. The molecule has 1 unspecified atom stereocenters. The number of rotatable bonds is 7. The quantitative estimate of drug-likeness (QED) is 0.374. The predicted molar refractivity (Wildman–Crippen MR) is 117 cm³/mol. The van der Waals surface area contributed by atoms with Crippen LogP contribution in [0, 0.1) is 0 Å². The number of aromatic nitrogens is 1. The normalized spacial score (nSPS) is 18.1. The summed E-state index contributed by atoms with van der Waals surface area (Å²) in [5.41, 5.74) is 0.708. The van der Waals surface area contributed by atoms with Gasteiger partial charge in [0.1, 0.15) is 5.76 Å². The number of hydrogen-bond donors (Lipinski definition) is 1. The zero-order chi connectivity index (χ0) is 22.7. The van der Waals surface area contributed by atoms with Gasteiger partial charge in [-0.2, -0.15) is 0 Å². The third-order valence-corrected chi connectivity index (χ3v) is 5.36. The molecule has 7 nitrogen and oxygen atoms in total. The number of carbonyl (C=O) groups excluding carboxylic acids is 2. The molecule has 2 aromatic rings. The van der Waals surface area contributed by atoms with Gasteiger partial charge in [-0.1, -0.05) is 29.3 Å². The number of halogens is 2. The second-order valence-electron chi connectivity index (χ2n) is 7.17. The van der Waals surface area contributed by atoms with Crippen LogP contribution in [-0.4, -0.2) is 53.0 Å². The molecule has 0 spiro atoms. The number of methoxy groups -OCH3 is 1. The smallest absolute Gasteiger partial charge is 0.295 e. The molecule has 1 aliphatic rings. The third-order valence-electron chi connectivity index (χ3n) is 4.80. The summed E-state index contributed by atoms with van der Waals surface area (Å²) >= 11 is 12.4. The van der Waals surface area contributed by atoms with E-state index >= 15 is 0 Å². The minimum absolute atomic E-state index is 0.0303. The number of nitrogens with zero attached hydrogens (tertiary/aromatic N) is 2. The Morgan fingerprint density at radius 1 is 1.26 bits per heavy atom. The van der Waals surface area contributed by atoms with Crippen LogP contribution in [0.1, 0.15) is 31.0 Å². The van der Waals surface area contributed by atoms with E-state index in [-0.39, 0.29) is 51.9 Å². The molecule has 3 rings (SSSR count). The van der Waals surface area contributed by atoms with Crippen molar-refractivity contribution in [1.82, 2.24) is 9.88 Å². The Hall–Kier alpha value is -2.61. The number of pyridine rings is 1. The maximum atomic E-state index is 12.9. The van der Waals surface area contributed by atoms with Gasteiger partial charge in [-0.3, -0.25) is 14.6 Å². The Morgan fingerprint density at radius 3 is 2.48 bits per heavy atom. The van der Waals surface area contributed by atoms with Crippen molar-refractivity contribution in [3.8, 4) is 5.75 Å². The van der Waals surface area contributed by atoms with Crippen LogP contribution in [0.5, 0.6) is 5.75 Å². The number of ether oxygens (including phenoxy) is 2. The first-order valence-electron chi connectivity index (χ1n) is 9.59. The van der Waals surface area contributed by atoms with E-state index < -0.39 is 17.7 Å². The fraction of sp³-hybridized carbons (Fsp3) is 0.318. The molecule has 31 heavy (non-hydrogen) atoms. The van der Waals surface area contributed by atoms with E-state index in [1.807, 2.05) is 13.8 Å². The van der Waals surface area contributed by atoms with Gasteiger partial charge in [0.05, 0.1) is 41.5 Å². The fourth-order valence-electron chi connectivity index (χ4n) is 3.43. The van der Waals surface area contributed by atoms with E-state index in [2.05, 4.69) is 4.98 Å². The molecule has 1 fully saturated rings. The monoisotopic (exact) mass is 464 g/mol. The molecule has 1 atom stereocenters. The lowest BCUT2D eigenvalue weighted by Gasteiger charge is -2.25. The second-order valence-corrected chi connectivity index (χ2v) is 7.99. The molecule has 1 N–H and O–H groups in total. The van der Waals surface area contributed by atoms with Crippen LogP contribution in [0.2, 0.25) is 10.0 Å². The minimum Gasteiger partial charge on any atom is -0.507 e. The summed E-state index contributed by atoms with van der Waals surface area (Å²) in [5, 5.41) is 11.4. The Kier molecular flexibility index (Phi) is 7.20. The van der Waals surface area contributed by atoms with Gasteiger partial charge >= 0.3 is 0 Å². The number of aliphatic hydroxyl groups excluding tert-OH is 1. The number of aliphatic hydroxyl groups is 1. The summed E-state index contributed by atoms with van der Waals surface area (Å²) in [6.07, 6.45) is 3.10. The van der Waals surface area contributed by atoms with Crippen LogP contribution >= 0.6 is 23.2 Å². The molecular weight excluding hydrogens is 443 g/mol. The predicted octanol–water partition coefficient (Wildman–Crippen LogP) is 4.24. The Morgan fingerprint density at radius 2 is 1.94 bits per heavy atom. The summed E-state index contributed by atoms with van der Waals surface area (Å²) < 4.78 is 10.7. The highest BCUT2D eigenvalue weighted by atomic mass is 35.5. The molecule has 2 heterocycles. The highest BCUT2D eigenvalue weighted by molar-refractivity contribution is 6.46. The third kappa shape index (κ3) is 4.69. The lowest BCUT2D eigenvalue weighted by Crippen LogP contribution is -2.33. The van der Waals surface area contributed by atoms with Gasteiger partial charge in [0.15, 0.2) is 5.75 Å². The Balaban J connectivity index is 2.12. The van der Waals surface area contributed by atoms with E-state index in [1.54, 1.807) is 24.5 Å². The molecule has 1 amide bonds. The molecule has 1 aliphatic heterocycles. The summed E-state index contributed by atoms with van der Waals surface area (Å²) in [7, 11) is 1.42. The first-order chi connectivity index (χ1) is 14.8. The van der Waals surface area contributed by atoms with Crippen molar-refractivity contribution >= 4 is 40.7 Å². The van der Waals surface area contributed by atoms with Crippen molar-refractivity contribution < 1.29 is 24.2 Å². The second kappa shape index (κ2) is 9.68. The van der Waals surface area contributed by atoms with Crippen LogP contribution in [0.3, 0.4) is 0 Å². The highest BCUT2D eigenvalue weighted by Crippen LogP contribution is 2.41. The summed E-state index contributed by atoms with van der Waals surface area (Å²) in [4.78, 5) is 31.2. The Labute approximate surface area is 190 Å². The number of hydrogen-bond acceptors (Lipinski definition) is 6. The van der Waals surface area contributed by atoms with E-state index in [4.69, 9.17) is 32.7 Å². The van der Waals surface area contributed by atoms with Crippen LogP contribution < -0.4 is 4.74 Å². The number of Topliss-reactive ketones (excluding diaryl/α,β-unsaturated/α-hetero) is 1. The van der Waals surface area contributed by atoms with Gasteiger partial charge in [-0.05, 0) is 37.6 Å². The molecule has 1 aromatic carbocycles. The minimum atomic E-state index is -0.830. The van der Waals surface area contributed by atoms with Crippen molar-refractivity contribution in [3.05, 3.63) is 63.4 Å². The van der Waals surface area contributed by atoms with Crippen molar-refractivity contribution in [3.63, 3.8) is 0 Å². The standard InChI is InChI=1S/C22H22Cl2N2O5/c1-12(2)31-8-7-26-18(13-5-4-6-25-11-13)17(20(28)22(26)29)19(27)14-9-15(23)21(30-3)16(24)10-14/h4-6,9-12,18,27H,7-8H2,1-3H3/b19-17+. The van der Waals surface area contributed by atoms with E-state index in [0.29, 0.717) is 5.56 Å². The first kappa shape index (κ1) is 23.1. The number of ketones is 1. The Bertz CT molecular complexity index is 1000. The molecule has 9 heteroatoms. The number of carbonyl (C=O) groups is 2. The van der Waals surface area contributed by atoms with E-state index in [1.165, 1.54) is 24.1 Å². The first-order valence-corrected chi connectivity index (χ1v) is 10.3. The molecule has 0 aliphatic carbocycles. The summed E-state index contributed by atoms with van der Waals surface area (Å²) in [6, 6.07) is 5.46. The molecule has 0 saturated carbocycles. The number of benzene rings is 1. The number of likely N-dealkylation sites (tertiary alicyclic amines) is 1. The van der Waals surface area contributed by atoms with Crippen LogP contribution in [0.15, 0.2) is 42.2 Å². The molecule has 0 radical (unpaired) electrons. The summed E-state index contributed by atoms with van der Waals surface area (Å²) in [5.74, 6) is -1.67. The van der Waals surface area contributed by atoms with Gasteiger partial charge in [0.2, 0.25) is 0 Å². The van der Waals surface area contributed by atoms with Crippen molar-refractivity contribution in [1.29, 1.82) is 0 Å². The maximum Gasteiger partial charge on any atom is 0.295 e. The van der Waals surface area contributed by atoms with Gasteiger partial charge in [-0.25, -0.2) is 0 Å². The lowest BCUT2D eigenvalue weighted by atomic mass is 9.96. The molecule has 0 bridgehead atoms. The maximum absolute atomic E-state index is 12.9. The average Bonchev–Trinajstić information content (AvgIpc) is 2.98. The van der Waals surface area contributed by atoms with Crippen molar-refractivity contribution in [2.75, 3.05) is 20.3 Å². The van der Waals surface area contributed by atoms with E-state index in [9.17, 15) is 14.7 Å². The zero-order valence-electron chi connectivity index (χ0n) is 17.3. The SMILES string of the molecule is COc1c(Cl)cc(/C(O)=C2\C(=O)C(=O)N(CCOC(C)C)C2c2cccnc2)cc1Cl. The van der Waals surface area contributed by atoms with Gasteiger partial charge in [0.25, 0.3) is 11.7 Å². The molecule has 1 aromatic heterocycles. The summed E-state index contributed by atoms with van der Waals surface area (Å²) in [6.45, 7) is 4.17. The van der Waals surface area contributed by atoms with Crippen molar-refractivity contribution in [2.24, 2.45) is 0 Å². The van der Waals surface area contributed by atoms with Crippen LogP contribution in [0.25, 0.3) is 5.76 Å².